The molecule has 0 aromatic rings. The van der Waals surface area contributed by atoms with Gasteiger partial charge in [0.1, 0.15) is 0 Å². The monoisotopic (exact) mass is 155 g/mol. The quantitative estimate of drug-likeness (QED) is 0.511. The molecule has 0 aliphatic rings. The first kappa shape index (κ1) is 11.0. The number of unbranched alkanes of at least 4 members (excludes halogenated alkanes) is 3. The van der Waals surface area contributed by atoms with E-state index < -0.39 is 0 Å². The minimum Gasteiger partial charge on any atom is -0.303 e. The molecule has 0 fully saturated rings. The van der Waals surface area contributed by atoms with E-state index in [1.165, 1.54) is 32.2 Å². The molecule has 0 saturated carbocycles. The first-order valence-electron chi connectivity index (χ1n) is 4.66. The van der Waals surface area contributed by atoms with E-state index in [4.69, 9.17) is 0 Å². The number of nitrogens with zero attached hydrogens (tertiary/aromatic N) is 1. The highest BCUT2D eigenvalue weighted by Gasteiger charge is 1.96. The Morgan fingerprint density at radius 2 is 1.64 bits per heavy atom. The Bertz CT molecular complexity index is 67.3. The van der Waals surface area contributed by atoms with Crippen molar-refractivity contribution in [2.24, 2.45) is 0 Å². The Balaban J connectivity index is 3.07. The van der Waals surface area contributed by atoms with E-state index in [9.17, 15) is 0 Å². The van der Waals surface area contributed by atoms with Crippen LogP contribution < -0.4 is 0 Å². The Morgan fingerprint density at radius 3 is 2.09 bits per heavy atom. The molecule has 0 atom stereocenters. The van der Waals surface area contributed by atoms with Crippen LogP contribution in [0.4, 0.5) is 0 Å². The van der Waals surface area contributed by atoms with Crippen molar-refractivity contribution in [2.75, 3.05) is 19.6 Å². The van der Waals surface area contributed by atoms with Crippen molar-refractivity contribution < 1.29 is 0 Å². The van der Waals surface area contributed by atoms with Crippen LogP contribution in [0, 0.1) is 13.8 Å². The van der Waals surface area contributed by atoms with Gasteiger partial charge in [-0.3, -0.25) is 0 Å². The molecule has 0 N–H and O–H groups in total. The fraction of sp³-hybridized carbons (Fsp3) is 0.800. The van der Waals surface area contributed by atoms with E-state index in [1.54, 1.807) is 0 Å². The van der Waals surface area contributed by atoms with Gasteiger partial charge in [-0.15, -0.1) is 0 Å². The molecule has 2 radical (unpaired) electrons. The van der Waals surface area contributed by atoms with Crippen LogP contribution in [-0.4, -0.2) is 24.5 Å². The van der Waals surface area contributed by atoms with Gasteiger partial charge < -0.3 is 4.90 Å². The van der Waals surface area contributed by atoms with Gasteiger partial charge in [0.15, 0.2) is 0 Å². The molecule has 11 heavy (non-hydrogen) atoms. The Labute approximate surface area is 71.8 Å². The smallest absolute Gasteiger partial charge is 0.00183 e. The summed E-state index contributed by atoms with van der Waals surface area (Å²) in [5.41, 5.74) is 0. The van der Waals surface area contributed by atoms with Crippen molar-refractivity contribution in [3.05, 3.63) is 13.8 Å². The normalized spacial score (nSPS) is 10.9. The summed E-state index contributed by atoms with van der Waals surface area (Å²) >= 11 is 0. The van der Waals surface area contributed by atoms with Gasteiger partial charge in [0, 0.05) is 0 Å². The van der Waals surface area contributed by atoms with Crippen LogP contribution >= 0.6 is 0 Å². The number of hydrogen-bond acceptors (Lipinski definition) is 1. The summed E-state index contributed by atoms with van der Waals surface area (Å²) < 4.78 is 0. The standard InChI is InChI=1S/C10H21N/c1-4-7-8-9-10-11(5-2)6-3/h2-10H2,1H3. The van der Waals surface area contributed by atoms with E-state index in [0.29, 0.717) is 0 Å². The van der Waals surface area contributed by atoms with Gasteiger partial charge in [-0.2, -0.15) is 0 Å². The molecule has 0 aromatic heterocycles. The lowest BCUT2D eigenvalue weighted by Gasteiger charge is -2.16. The van der Waals surface area contributed by atoms with Gasteiger partial charge >= 0.3 is 0 Å². The minimum absolute atomic E-state index is 0.898. The summed E-state index contributed by atoms with van der Waals surface area (Å²) in [5.74, 6) is 0. The SMILES string of the molecule is [CH2]CN(C[CH2])CCCCCC. The zero-order chi connectivity index (χ0) is 8.53. The van der Waals surface area contributed by atoms with Crippen molar-refractivity contribution in [3.8, 4) is 0 Å². The second-order valence-electron chi connectivity index (χ2n) is 2.90. The lowest BCUT2D eigenvalue weighted by Crippen LogP contribution is -2.24. The van der Waals surface area contributed by atoms with Gasteiger partial charge in [0.2, 0.25) is 0 Å². The van der Waals surface area contributed by atoms with Crippen LogP contribution in [0.1, 0.15) is 32.6 Å². The fourth-order valence-electron chi connectivity index (χ4n) is 1.10. The van der Waals surface area contributed by atoms with Crippen molar-refractivity contribution in [3.63, 3.8) is 0 Å². The largest absolute Gasteiger partial charge is 0.303 e. The molecular weight excluding hydrogens is 134 g/mol. The first-order chi connectivity index (χ1) is 5.35. The number of rotatable bonds is 7. The third-order valence-corrected chi connectivity index (χ3v) is 1.96. The van der Waals surface area contributed by atoms with Gasteiger partial charge in [-0.05, 0) is 39.9 Å². The second-order valence-corrected chi connectivity index (χ2v) is 2.90. The van der Waals surface area contributed by atoms with Gasteiger partial charge in [0.05, 0.1) is 0 Å². The molecule has 1 nitrogen and oxygen atoms in total. The molecule has 0 amide bonds. The van der Waals surface area contributed by atoms with Crippen LogP contribution in [0.15, 0.2) is 0 Å². The van der Waals surface area contributed by atoms with Crippen LogP contribution in [0.3, 0.4) is 0 Å². The van der Waals surface area contributed by atoms with E-state index in [2.05, 4.69) is 25.7 Å². The van der Waals surface area contributed by atoms with Crippen LogP contribution in [0.2, 0.25) is 0 Å². The zero-order valence-electron chi connectivity index (χ0n) is 7.81. The van der Waals surface area contributed by atoms with Crippen LogP contribution in [0.5, 0.6) is 0 Å². The van der Waals surface area contributed by atoms with Crippen LogP contribution in [-0.2, 0) is 0 Å². The highest BCUT2D eigenvalue weighted by atomic mass is 15.1. The summed E-state index contributed by atoms with van der Waals surface area (Å²) in [7, 11) is 0. The Morgan fingerprint density at radius 1 is 1.00 bits per heavy atom. The minimum atomic E-state index is 0.898. The number of hydrogen-bond donors (Lipinski definition) is 0. The van der Waals surface area contributed by atoms with E-state index in [-0.39, 0.29) is 0 Å². The third kappa shape index (κ3) is 6.36. The van der Waals surface area contributed by atoms with E-state index >= 15 is 0 Å². The molecular formula is C10H21N. The van der Waals surface area contributed by atoms with Gasteiger partial charge in [0.25, 0.3) is 0 Å². The Kier molecular flexibility index (Phi) is 8.03. The lowest BCUT2D eigenvalue weighted by molar-refractivity contribution is 0.322. The van der Waals surface area contributed by atoms with Crippen LogP contribution in [0.25, 0.3) is 0 Å². The van der Waals surface area contributed by atoms with Crippen molar-refractivity contribution in [2.45, 2.75) is 32.6 Å². The summed E-state index contributed by atoms with van der Waals surface area (Å²) in [6, 6.07) is 0. The maximum absolute atomic E-state index is 3.84. The topological polar surface area (TPSA) is 3.24 Å². The summed E-state index contributed by atoms with van der Waals surface area (Å²) in [4.78, 5) is 2.27. The lowest BCUT2D eigenvalue weighted by atomic mass is 10.2. The van der Waals surface area contributed by atoms with Crippen molar-refractivity contribution >= 4 is 0 Å². The molecule has 66 valence electrons. The second kappa shape index (κ2) is 8.06. The zero-order valence-corrected chi connectivity index (χ0v) is 7.81. The maximum atomic E-state index is 3.84. The van der Waals surface area contributed by atoms with Crippen molar-refractivity contribution in [1.82, 2.24) is 4.90 Å². The molecule has 0 saturated heterocycles. The van der Waals surface area contributed by atoms with Gasteiger partial charge in [-0.25, -0.2) is 0 Å². The van der Waals surface area contributed by atoms with E-state index in [0.717, 1.165) is 13.1 Å². The highest BCUT2D eigenvalue weighted by molar-refractivity contribution is 4.59. The molecule has 1 heteroatoms. The highest BCUT2D eigenvalue weighted by Crippen LogP contribution is 2.00. The molecule has 0 aliphatic carbocycles. The summed E-state index contributed by atoms with van der Waals surface area (Å²) in [5, 5.41) is 0. The molecule has 0 rings (SSSR count). The molecule has 0 bridgehead atoms. The first-order valence-corrected chi connectivity index (χ1v) is 4.66. The summed E-state index contributed by atoms with van der Waals surface area (Å²) in [6.45, 7) is 12.9. The molecule has 0 unspecified atom stereocenters. The average molecular weight is 155 g/mol. The van der Waals surface area contributed by atoms with Gasteiger partial charge in [-0.1, -0.05) is 26.2 Å². The predicted octanol–water partition coefficient (Wildman–Crippen LogP) is 2.54. The maximum Gasteiger partial charge on any atom is -0.00183 e. The molecule has 0 heterocycles. The third-order valence-electron chi connectivity index (χ3n) is 1.96. The molecule has 0 spiro atoms. The van der Waals surface area contributed by atoms with Crippen molar-refractivity contribution in [1.29, 1.82) is 0 Å². The predicted molar refractivity (Wildman–Crippen MR) is 51.3 cm³/mol. The molecule has 0 aliphatic heterocycles. The average Bonchev–Trinajstić information content (AvgIpc) is 2.05. The fourth-order valence-corrected chi connectivity index (χ4v) is 1.10. The van der Waals surface area contributed by atoms with E-state index in [1.807, 2.05) is 0 Å². The Hall–Kier alpha value is -0.0400. The molecule has 0 aromatic carbocycles. The summed E-state index contributed by atoms with van der Waals surface area (Å²) in [6.07, 6.45) is 5.34.